The minimum Gasteiger partial charge on any atom is -0.335 e. The van der Waals surface area contributed by atoms with Crippen LogP contribution in [0, 0.1) is 17.1 Å². The van der Waals surface area contributed by atoms with Crippen LogP contribution < -0.4 is 5.32 Å². The average Bonchev–Trinajstić information content (AvgIpc) is 3.27. The fourth-order valence-electron chi connectivity index (χ4n) is 3.44. The number of nitriles is 1. The van der Waals surface area contributed by atoms with Crippen LogP contribution in [0.1, 0.15) is 46.4 Å². The summed E-state index contributed by atoms with van der Waals surface area (Å²) in [6.07, 6.45) is 1.96. The van der Waals surface area contributed by atoms with Crippen LogP contribution in [0.3, 0.4) is 0 Å². The molecular weight excluding hydrogens is 403 g/mol. The lowest BCUT2D eigenvalue weighted by Gasteiger charge is -2.14. The second-order valence-corrected chi connectivity index (χ2v) is 8.06. The number of rotatable bonds is 5. The molecule has 1 aromatic carbocycles. The summed E-state index contributed by atoms with van der Waals surface area (Å²) in [6, 6.07) is 12.2. The van der Waals surface area contributed by atoms with E-state index >= 15 is 0 Å². The van der Waals surface area contributed by atoms with Gasteiger partial charge in [0.1, 0.15) is 11.9 Å². The number of thiophene rings is 1. The molecule has 1 aliphatic carbocycles. The van der Waals surface area contributed by atoms with E-state index in [0.29, 0.717) is 22.3 Å². The summed E-state index contributed by atoms with van der Waals surface area (Å²) in [5.74, 6) is -0.808. The SMILES string of the molecule is N#CC(NC(=O)c1cc(-c2cccs2)nc2onc(C3CC3)c12)c1ccccc1F. The highest BCUT2D eigenvalue weighted by Gasteiger charge is 2.32. The van der Waals surface area contributed by atoms with Crippen LogP contribution in [0.4, 0.5) is 4.39 Å². The Bertz CT molecular complexity index is 1290. The molecule has 8 heteroatoms. The summed E-state index contributed by atoms with van der Waals surface area (Å²) < 4.78 is 19.6. The molecule has 0 radical (unpaired) electrons. The predicted octanol–water partition coefficient (Wildman–Crippen LogP) is 4.96. The molecule has 1 saturated carbocycles. The van der Waals surface area contributed by atoms with Crippen LogP contribution in [0.25, 0.3) is 21.7 Å². The van der Waals surface area contributed by atoms with Crippen molar-refractivity contribution in [2.75, 3.05) is 0 Å². The number of pyridine rings is 1. The van der Waals surface area contributed by atoms with E-state index in [9.17, 15) is 14.4 Å². The summed E-state index contributed by atoms with van der Waals surface area (Å²) in [4.78, 5) is 18.7. The maximum Gasteiger partial charge on any atom is 0.259 e. The van der Waals surface area contributed by atoms with Gasteiger partial charge in [-0.3, -0.25) is 4.79 Å². The molecule has 5 rings (SSSR count). The third kappa shape index (κ3) is 3.23. The lowest BCUT2D eigenvalue weighted by molar-refractivity contribution is 0.0946. The lowest BCUT2D eigenvalue weighted by Crippen LogP contribution is -2.28. The third-order valence-corrected chi connectivity index (χ3v) is 5.97. The highest BCUT2D eigenvalue weighted by Crippen LogP contribution is 2.43. The van der Waals surface area contributed by atoms with Crippen molar-refractivity contribution in [1.82, 2.24) is 15.5 Å². The Hall–Kier alpha value is -3.57. The fourth-order valence-corrected chi connectivity index (χ4v) is 4.12. The normalized spacial score (nSPS) is 14.4. The molecule has 3 heterocycles. The van der Waals surface area contributed by atoms with Gasteiger partial charge >= 0.3 is 0 Å². The number of carbonyl (C=O) groups is 1. The van der Waals surface area contributed by atoms with Gasteiger partial charge in [0.15, 0.2) is 0 Å². The van der Waals surface area contributed by atoms with Gasteiger partial charge in [-0.15, -0.1) is 11.3 Å². The van der Waals surface area contributed by atoms with E-state index in [1.54, 1.807) is 12.1 Å². The van der Waals surface area contributed by atoms with Crippen molar-refractivity contribution in [2.24, 2.45) is 0 Å². The quantitative estimate of drug-likeness (QED) is 0.494. The standard InChI is InChI=1S/C22H15FN4O2S/c23-15-5-2-1-4-13(15)17(11-24)25-21(28)14-10-16(18-6-3-9-30-18)26-22-19(14)20(27-29-22)12-7-8-12/h1-6,9-10,12,17H,7-8H2,(H,25,28). The maximum atomic E-state index is 14.2. The molecule has 6 nitrogen and oxygen atoms in total. The molecule has 1 N–H and O–H groups in total. The van der Waals surface area contributed by atoms with Crippen LogP contribution in [-0.2, 0) is 0 Å². The molecule has 0 bridgehead atoms. The molecule has 3 aromatic heterocycles. The number of halogens is 1. The van der Waals surface area contributed by atoms with E-state index in [4.69, 9.17) is 4.52 Å². The third-order valence-electron chi connectivity index (χ3n) is 5.08. The fraction of sp³-hybridized carbons (Fsp3) is 0.182. The van der Waals surface area contributed by atoms with E-state index in [-0.39, 0.29) is 17.2 Å². The van der Waals surface area contributed by atoms with Crippen LogP contribution in [0.5, 0.6) is 0 Å². The van der Waals surface area contributed by atoms with Gasteiger partial charge in [0, 0.05) is 11.5 Å². The molecule has 0 saturated heterocycles. The number of nitrogens with one attached hydrogen (secondary N) is 1. The maximum absolute atomic E-state index is 14.2. The first kappa shape index (κ1) is 18.5. The molecule has 1 atom stereocenters. The van der Waals surface area contributed by atoms with E-state index in [0.717, 1.165) is 17.7 Å². The van der Waals surface area contributed by atoms with E-state index in [1.165, 1.54) is 29.5 Å². The van der Waals surface area contributed by atoms with Crippen LogP contribution >= 0.6 is 11.3 Å². The number of carbonyl (C=O) groups excluding carboxylic acids is 1. The second kappa shape index (κ2) is 7.35. The van der Waals surface area contributed by atoms with Crippen molar-refractivity contribution in [3.63, 3.8) is 0 Å². The van der Waals surface area contributed by atoms with Gasteiger partial charge in [0.25, 0.3) is 11.6 Å². The molecule has 1 fully saturated rings. The second-order valence-electron chi connectivity index (χ2n) is 7.11. The molecule has 1 amide bonds. The Labute approximate surface area is 175 Å². The topological polar surface area (TPSA) is 91.8 Å². The van der Waals surface area contributed by atoms with Crippen molar-refractivity contribution in [3.8, 4) is 16.6 Å². The minimum atomic E-state index is -1.13. The Morgan fingerprint density at radius 2 is 2.13 bits per heavy atom. The molecular formula is C22H15FN4O2S. The van der Waals surface area contributed by atoms with Gasteiger partial charge in [-0.25, -0.2) is 9.37 Å². The van der Waals surface area contributed by atoms with Crippen LogP contribution in [0.15, 0.2) is 52.4 Å². The van der Waals surface area contributed by atoms with Crippen molar-refractivity contribution in [3.05, 3.63) is 70.5 Å². The van der Waals surface area contributed by atoms with Crippen molar-refractivity contribution >= 4 is 28.3 Å². The summed E-state index contributed by atoms with van der Waals surface area (Å²) >= 11 is 1.49. The molecule has 148 valence electrons. The number of hydrogen-bond donors (Lipinski definition) is 1. The minimum absolute atomic E-state index is 0.116. The summed E-state index contributed by atoms with van der Waals surface area (Å²) in [6.45, 7) is 0. The first-order chi connectivity index (χ1) is 14.7. The van der Waals surface area contributed by atoms with Gasteiger partial charge in [-0.1, -0.05) is 29.4 Å². The van der Waals surface area contributed by atoms with Crippen molar-refractivity contribution in [1.29, 1.82) is 5.26 Å². The number of nitrogens with zero attached hydrogens (tertiary/aromatic N) is 3. The van der Waals surface area contributed by atoms with E-state index < -0.39 is 17.8 Å². The zero-order chi connectivity index (χ0) is 20.7. The van der Waals surface area contributed by atoms with E-state index in [1.807, 2.05) is 23.6 Å². The van der Waals surface area contributed by atoms with Gasteiger partial charge in [-0.2, -0.15) is 5.26 Å². The van der Waals surface area contributed by atoms with Crippen molar-refractivity contribution < 1.29 is 13.7 Å². The summed E-state index contributed by atoms with van der Waals surface area (Å²) in [5.41, 5.74) is 2.01. The summed E-state index contributed by atoms with van der Waals surface area (Å²) in [7, 11) is 0. The molecule has 4 aromatic rings. The number of aromatic nitrogens is 2. The Morgan fingerprint density at radius 3 is 2.83 bits per heavy atom. The van der Waals surface area contributed by atoms with Crippen LogP contribution in [-0.4, -0.2) is 16.0 Å². The lowest BCUT2D eigenvalue weighted by atomic mass is 10.0. The summed E-state index contributed by atoms with van der Waals surface area (Å²) in [5, 5.41) is 18.8. The largest absolute Gasteiger partial charge is 0.335 e. The zero-order valence-corrected chi connectivity index (χ0v) is 16.4. The molecule has 1 unspecified atom stereocenters. The van der Waals surface area contributed by atoms with Gasteiger partial charge < -0.3 is 9.84 Å². The Balaban J connectivity index is 1.59. The smallest absolute Gasteiger partial charge is 0.259 e. The number of benzene rings is 1. The van der Waals surface area contributed by atoms with Gasteiger partial charge in [0.05, 0.1) is 33.3 Å². The zero-order valence-electron chi connectivity index (χ0n) is 15.6. The van der Waals surface area contributed by atoms with Gasteiger partial charge in [0.2, 0.25) is 0 Å². The first-order valence-electron chi connectivity index (χ1n) is 9.45. The average molecular weight is 418 g/mol. The number of hydrogen-bond acceptors (Lipinski definition) is 6. The highest BCUT2D eigenvalue weighted by molar-refractivity contribution is 7.13. The predicted molar refractivity (Wildman–Crippen MR) is 109 cm³/mol. The molecule has 30 heavy (non-hydrogen) atoms. The Morgan fingerprint density at radius 1 is 1.30 bits per heavy atom. The van der Waals surface area contributed by atoms with Crippen LogP contribution in [0.2, 0.25) is 0 Å². The number of fused-ring (bicyclic) bond motifs is 1. The molecule has 0 aliphatic heterocycles. The molecule has 1 aliphatic rings. The van der Waals surface area contributed by atoms with E-state index in [2.05, 4.69) is 15.5 Å². The molecule has 0 spiro atoms. The monoisotopic (exact) mass is 418 g/mol. The number of amides is 1. The Kier molecular flexibility index (Phi) is 4.52. The van der Waals surface area contributed by atoms with Gasteiger partial charge in [-0.05, 0) is 36.4 Å². The first-order valence-corrected chi connectivity index (χ1v) is 10.3. The highest BCUT2D eigenvalue weighted by atomic mass is 32.1. The van der Waals surface area contributed by atoms with Crippen molar-refractivity contribution in [2.45, 2.75) is 24.8 Å².